The summed E-state index contributed by atoms with van der Waals surface area (Å²) < 4.78 is 19.6. The normalized spacial score (nSPS) is 15.9. The zero-order valence-corrected chi connectivity index (χ0v) is 13.3. The molecule has 1 aromatic carbocycles. The highest BCUT2D eigenvalue weighted by atomic mass is 19.1. The predicted molar refractivity (Wildman–Crippen MR) is 89.0 cm³/mol. The largest absolute Gasteiger partial charge is 0.484 e. The number of aromatic nitrogens is 1. The van der Waals surface area contributed by atoms with Crippen LogP contribution in [-0.4, -0.2) is 16.4 Å². The van der Waals surface area contributed by atoms with Gasteiger partial charge in [-0.25, -0.2) is 4.39 Å². The number of benzene rings is 1. The van der Waals surface area contributed by atoms with Gasteiger partial charge in [0.15, 0.2) is 11.6 Å². The molecule has 3 N–H and O–H groups in total. The van der Waals surface area contributed by atoms with Gasteiger partial charge in [0, 0.05) is 18.0 Å². The molecule has 5 nitrogen and oxygen atoms in total. The Balaban J connectivity index is 1.63. The fourth-order valence-electron chi connectivity index (χ4n) is 2.82. The fourth-order valence-corrected chi connectivity index (χ4v) is 2.82. The van der Waals surface area contributed by atoms with Gasteiger partial charge in [0.2, 0.25) is 5.91 Å². The third kappa shape index (κ3) is 3.71. The molecule has 0 radical (unpaired) electrons. The maximum atomic E-state index is 14.1. The average molecular weight is 329 g/mol. The molecule has 1 aromatic heterocycles. The van der Waals surface area contributed by atoms with Crippen LogP contribution < -0.4 is 15.8 Å². The van der Waals surface area contributed by atoms with Gasteiger partial charge in [0.25, 0.3) is 0 Å². The van der Waals surface area contributed by atoms with Crippen molar-refractivity contribution in [1.29, 1.82) is 0 Å². The van der Waals surface area contributed by atoms with E-state index in [0.29, 0.717) is 24.2 Å². The SMILES string of the molecule is NC1(C(=O)Nc2ccc(OCc3ccccn3)c(F)c2)CCCC1. The summed E-state index contributed by atoms with van der Waals surface area (Å²) in [5, 5.41) is 2.69. The number of nitrogens with zero attached hydrogens (tertiary/aromatic N) is 1. The third-order valence-electron chi connectivity index (χ3n) is 4.24. The third-order valence-corrected chi connectivity index (χ3v) is 4.24. The van der Waals surface area contributed by atoms with E-state index < -0.39 is 11.4 Å². The summed E-state index contributed by atoms with van der Waals surface area (Å²) >= 11 is 0. The minimum absolute atomic E-state index is 0.113. The first kappa shape index (κ1) is 16.4. The summed E-state index contributed by atoms with van der Waals surface area (Å²) in [4.78, 5) is 16.4. The number of pyridine rings is 1. The highest BCUT2D eigenvalue weighted by Crippen LogP contribution is 2.29. The second-order valence-electron chi connectivity index (χ2n) is 6.07. The Morgan fingerprint density at radius 1 is 1.29 bits per heavy atom. The van der Waals surface area contributed by atoms with Crippen molar-refractivity contribution >= 4 is 11.6 Å². The van der Waals surface area contributed by atoms with Crippen LogP contribution in [0.5, 0.6) is 5.75 Å². The van der Waals surface area contributed by atoms with Crippen molar-refractivity contribution < 1.29 is 13.9 Å². The van der Waals surface area contributed by atoms with Crippen molar-refractivity contribution in [2.75, 3.05) is 5.32 Å². The van der Waals surface area contributed by atoms with E-state index in [-0.39, 0.29) is 18.3 Å². The standard InChI is InChI=1S/C18H20FN3O2/c19-15-11-13(22-17(23)18(20)8-2-3-9-18)6-7-16(15)24-12-14-5-1-4-10-21-14/h1,4-7,10-11H,2-3,8-9,12,20H2,(H,22,23). The van der Waals surface area contributed by atoms with Crippen LogP contribution in [0.25, 0.3) is 0 Å². The summed E-state index contributed by atoms with van der Waals surface area (Å²) in [6.07, 6.45) is 4.86. The van der Waals surface area contributed by atoms with Gasteiger partial charge in [-0.3, -0.25) is 9.78 Å². The van der Waals surface area contributed by atoms with Gasteiger partial charge in [-0.1, -0.05) is 18.9 Å². The molecular weight excluding hydrogens is 309 g/mol. The molecule has 1 amide bonds. The molecular formula is C18H20FN3O2. The molecule has 1 saturated carbocycles. The van der Waals surface area contributed by atoms with Gasteiger partial charge >= 0.3 is 0 Å². The van der Waals surface area contributed by atoms with Crippen LogP contribution in [0.15, 0.2) is 42.6 Å². The summed E-state index contributed by atoms with van der Waals surface area (Å²) in [6, 6.07) is 9.78. The van der Waals surface area contributed by atoms with E-state index in [1.165, 1.54) is 12.1 Å². The summed E-state index contributed by atoms with van der Waals surface area (Å²) in [6.45, 7) is 0.176. The molecule has 0 atom stereocenters. The maximum Gasteiger partial charge on any atom is 0.244 e. The average Bonchev–Trinajstić information content (AvgIpc) is 3.03. The van der Waals surface area contributed by atoms with Crippen LogP contribution in [0.2, 0.25) is 0 Å². The van der Waals surface area contributed by atoms with E-state index >= 15 is 0 Å². The zero-order valence-electron chi connectivity index (χ0n) is 13.3. The zero-order chi connectivity index (χ0) is 17.0. The van der Waals surface area contributed by atoms with E-state index in [2.05, 4.69) is 10.3 Å². The molecule has 2 aromatic rings. The molecule has 0 saturated heterocycles. The number of hydrogen-bond donors (Lipinski definition) is 2. The number of amides is 1. The van der Waals surface area contributed by atoms with Crippen LogP contribution in [0.4, 0.5) is 10.1 Å². The molecule has 1 heterocycles. The minimum Gasteiger partial charge on any atom is -0.484 e. The number of nitrogens with two attached hydrogens (primary N) is 1. The van der Waals surface area contributed by atoms with E-state index in [0.717, 1.165) is 12.8 Å². The molecule has 24 heavy (non-hydrogen) atoms. The number of rotatable bonds is 5. The Bertz CT molecular complexity index is 715. The van der Waals surface area contributed by atoms with Crippen molar-refractivity contribution in [3.05, 3.63) is 54.1 Å². The van der Waals surface area contributed by atoms with Gasteiger partial charge in [-0.15, -0.1) is 0 Å². The van der Waals surface area contributed by atoms with Crippen molar-refractivity contribution in [3.63, 3.8) is 0 Å². The number of carbonyl (C=O) groups excluding carboxylic acids is 1. The lowest BCUT2D eigenvalue weighted by atomic mass is 9.98. The van der Waals surface area contributed by atoms with Crippen molar-refractivity contribution in [2.24, 2.45) is 5.73 Å². The first-order chi connectivity index (χ1) is 11.6. The fraction of sp³-hybridized carbons (Fsp3) is 0.333. The predicted octanol–water partition coefficient (Wildman–Crippen LogP) is 3.01. The molecule has 0 spiro atoms. The maximum absolute atomic E-state index is 14.1. The molecule has 1 fully saturated rings. The van der Waals surface area contributed by atoms with Crippen LogP contribution in [0.1, 0.15) is 31.4 Å². The van der Waals surface area contributed by atoms with Crippen LogP contribution in [0.3, 0.4) is 0 Å². The van der Waals surface area contributed by atoms with E-state index in [1.54, 1.807) is 24.4 Å². The number of halogens is 1. The summed E-state index contributed by atoms with van der Waals surface area (Å²) in [5.74, 6) is -0.690. The number of nitrogens with one attached hydrogen (secondary N) is 1. The Hall–Kier alpha value is -2.47. The van der Waals surface area contributed by atoms with E-state index in [1.807, 2.05) is 6.07 Å². The topological polar surface area (TPSA) is 77.2 Å². The first-order valence-corrected chi connectivity index (χ1v) is 7.99. The number of anilines is 1. The molecule has 6 heteroatoms. The van der Waals surface area contributed by atoms with Crippen molar-refractivity contribution in [2.45, 2.75) is 37.8 Å². The van der Waals surface area contributed by atoms with Crippen LogP contribution in [-0.2, 0) is 11.4 Å². The first-order valence-electron chi connectivity index (χ1n) is 7.99. The number of ether oxygens (including phenoxy) is 1. The number of carbonyl (C=O) groups is 1. The monoisotopic (exact) mass is 329 g/mol. The molecule has 3 rings (SSSR count). The Morgan fingerprint density at radius 3 is 2.75 bits per heavy atom. The van der Waals surface area contributed by atoms with Gasteiger partial charge in [0.1, 0.15) is 6.61 Å². The van der Waals surface area contributed by atoms with Gasteiger partial charge in [-0.2, -0.15) is 0 Å². The molecule has 126 valence electrons. The van der Waals surface area contributed by atoms with Gasteiger partial charge in [0.05, 0.1) is 11.2 Å². The number of hydrogen-bond acceptors (Lipinski definition) is 4. The minimum atomic E-state index is -0.843. The summed E-state index contributed by atoms with van der Waals surface area (Å²) in [7, 11) is 0. The lowest BCUT2D eigenvalue weighted by molar-refractivity contribution is -0.121. The molecule has 0 bridgehead atoms. The lowest BCUT2D eigenvalue weighted by Crippen LogP contribution is -2.48. The van der Waals surface area contributed by atoms with Crippen LogP contribution in [0, 0.1) is 5.82 Å². The quantitative estimate of drug-likeness (QED) is 0.884. The lowest BCUT2D eigenvalue weighted by Gasteiger charge is -2.22. The Labute approximate surface area is 140 Å². The Morgan fingerprint density at radius 2 is 2.08 bits per heavy atom. The molecule has 1 aliphatic carbocycles. The van der Waals surface area contributed by atoms with Gasteiger partial charge in [-0.05, 0) is 37.1 Å². The second-order valence-corrected chi connectivity index (χ2v) is 6.07. The highest BCUT2D eigenvalue weighted by Gasteiger charge is 2.37. The smallest absolute Gasteiger partial charge is 0.244 e. The van der Waals surface area contributed by atoms with Gasteiger partial charge < -0.3 is 15.8 Å². The molecule has 0 aliphatic heterocycles. The second kappa shape index (κ2) is 6.97. The van der Waals surface area contributed by atoms with E-state index in [9.17, 15) is 9.18 Å². The summed E-state index contributed by atoms with van der Waals surface area (Å²) in [5.41, 5.74) is 6.33. The van der Waals surface area contributed by atoms with Crippen molar-refractivity contribution in [3.8, 4) is 5.75 Å². The Kier molecular flexibility index (Phi) is 4.76. The molecule has 1 aliphatic rings. The molecule has 0 unspecified atom stereocenters. The van der Waals surface area contributed by atoms with Crippen molar-refractivity contribution in [1.82, 2.24) is 4.98 Å². The van der Waals surface area contributed by atoms with E-state index in [4.69, 9.17) is 10.5 Å². The van der Waals surface area contributed by atoms with Crippen LogP contribution >= 0.6 is 0 Å². The highest BCUT2D eigenvalue weighted by molar-refractivity contribution is 5.98.